The topological polar surface area (TPSA) is 70.2 Å². The zero-order chi connectivity index (χ0) is 16.8. The Kier molecular flexibility index (Phi) is 5.72. The summed E-state index contributed by atoms with van der Waals surface area (Å²) < 4.78 is 0. The van der Waals surface area contributed by atoms with Gasteiger partial charge in [-0.25, -0.2) is 4.79 Å². The molecular formula is C19H27N3O2. The number of amides is 3. The van der Waals surface area contributed by atoms with E-state index in [4.69, 9.17) is 0 Å². The zero-order valence-corrected chi connectivity index (χ0v) is 14.2. The van der Waals surface area contributed by atoms with Crippen molar-refractivity contribution in [2.45, 2.75) is 51.5 Å². The van der Waals surface area contributed by atoms with Gasteiger partial charge in [-0.05, 0) is 55.2 Å². The van der Waals surface area contributed by atoms with E-state index in [2.05, 4.69) is 34.1 Å². The number of rotatable bonds is 7. The summed E-state index contributed by atoms with van der Waals surface area (Å²) in [5.41, 5.74) is 4.03. The maximum absolute atomic E-state index is 11.8. The normalized spacial score (nSPS) is 16.2. The van der Waals surface area contributed by atoms with E-state index in [1.54, 1.807) is 0 Å². The molecule has 2 aliphatic carbocycles. The number of urea groups is 1. The van der Waals surface area contributed by atoms with E-state index < -0.39 is 0 Å². The lowest BCUT2D eigenvalue weighted by atomic mass is 9.85. The lowest BCUT2D eigenvalue weighted by Gasteiger charge is -2.23. The van der Waals surface area contributed by atoms with E-state index >= 15 is 0 Å². The highest BCUT2D eigenvalue weighted by molar-refractivity contribution is 5.79. The molecule has 24 heavy (non-hydrogen) atoms. The van der Waals surface area contributed by atoms with Gasteiger partial charge in [0, 0.05) is 25.6 Å². The summed E-state index contributed by atoms with van der Waals surface area (Å²) in [7, 11) is 0. The van der Waals surface area contributed by atoms with Gasteiger partial charge in [-0.3, -0.25) is 4.79 Å². The summed E-state index contributed by atoms with van der Waals surface area (Å²) >= 11 is 0. The van der Waals surface area contributed by atoms with Crippen molar-refractivity contribution in [1.29, 1.82) is 0 Å². The predicted octanol–water partition coefficient (Wildman–Crippen LogP) is 2.28. The molecule has 0 saturated heterocycles. The van der Waals surface area contributed by atoms with Crippen LogP contribution >= 0.6 is 0 Å². The highest BCUT2D eigenvalue weighted by Gasteiger charge is 2.24. The second-order valence-electron chi connectivity index (χ2n) is 6.84. The Labute approximate surface area is 143 Å². The van der Waals surface area contributed by atoms with Crippen molar-refractivity contribution < 1.29 is 9.59 Å². The van der Waals surface area contributed by atoms with Gasteiger partial charge < -0.3 is 16.0 Å². The minimum absolute atomic E-state index is 0.152. The minimum atomic E-state index is -0.152. The number of fused-ring (bicyclic) bond motifs is 1. The van der Waals surface area contributed by atoms with Crippen LogP contribution < -0.4 is 16.0 Å². The Morgan fingerprint density at radius 2 is 1.75 bits per heavy atom. The highest BCUT2D eigenvalue weighted by atomic mass is 16.2. The fourth-order valence-corrected chi connectivity index (χ4v) is 3.30. The first-order chi connectivity index (χ1) is 11.7. The fourth-order valence-electron chi connectivity index (χ4n) is 3.30. The second kappa shape index (κ2) is 8.18. The SMILES string of the molecule is O=C(NCCCNC(=O)C1CCC1)NCc1ccc2c(c1)CCC2. The van der Waals surface area contributed by atoms with Gasteiger partial charge >= 0.3 is 6.03 Å². The standard InChI is InChI=1S/C19H27N3O2/c23-18(16-5-2-6-16)20-10-3-11-21-19(24)22-13-14-8-9-15-4-1-7-17(15)12-14/h8-9,12,16H,1-7,10-11,13H2,(H,20,23)(H2,21,22,24). The van der Waals surface area contributed by atoms with Crippen LogP contribution in [-0.4, -0.2) is 25.0 Å². The maximum atomic E-state index is 11.8. The van der Waals surface area contributed by atoms with Gasteiger partial charge in [0.05, 0.1) is 0 Å². The zero-order valence-electron chi connectivity index (χ0n) is 14.2. The van der Waals surface area contributed by atoms with E-state index in [0.29, 0.717) is 19.6 Å². The van der Waals surface area contributed by atoms with E-state index in [1.165, 1.54) is 30.4 Å². The van der Waals surface area contributed by atoms with E-state index in [9.17, 15) is 9.59 Å². The van der Waals surface area contributed by atoms with Crippen LogP contribution in [0.5, 0.6) is 0 Å². The quantitative estimate of drug-likeness (QED) is 0.672. The average Bonchev–Trinajstić information content (AvgIpc) is 2.98. The molecule has 0 heterocycles. The summed E-state index contributed by atoms with van der Waals surface area (Å²) in [6, 6.07) is 6.34. The molecule has 0 spiro atoms. The number of carbonyl (C=O) groups is 2. The summed E-state index contributed by atoms with van der Waals surface area (Å²) in [5, 5.41) is 8.65. The van der Waals surface area contributed by atoms with Crippen molar-refractivity contribution in [2.24, 2.45) is 5.92 Å². The third kappa shape index (κ3) is 4.49. The number of aryl methyl sites for hydroxylation is 2. The van der Waals surface area contributed by atoms with Gasteiger partial charge in [-0.2, -0.15) is 0 Å². The van der Waals surface area contributed by atoms with Gasteiger partial charge in [-0.15, -0.1) is 0 Å². The van der Waals surface area contributed by atoms with Crippen LogP contribution in [0, 0.1) is 5.92 Å². The minimum Gasteiger partial charge on any atom is -0.356 e. The van der Waals surface area contributed by atoms with Crippen LogP contribution in [0.1, 0.15) is 48.8 Å². The molecule has 5 heteroatoms. The van der Waals surface area contributed by atoms with Gasteiger partial charge in [0.2, 0.25) is 5.91 Å². The number of hydrogen-bond acceptors (Lipinski definition) is 2. The third-order valence-corrected chi connectivity index (χ3v) is 5.03. The number of nitrogens with one attached hydrogen (secondary N) is 3. The lowest BCUT2D eigenvalue weighted by molar-refractivity contribution is -0.127. The third-order valence-electron chi connectivity index (χ3n) is 5.03. The van der Waals surface area contributed by atoms with Crippen molar-refractivity contribution in [3.05, 3.63) is 34.9 Å². The maximum Gasteiger partial charge on any atom is 0.315 e. The molecule has 0 aromatic heterocycles. The highest BCUT2D eigenvalue weighted by Crippen LogP contribution is 2.26. The number of benzene rings is 1. The lowest BCUT2D eigenvalue weighted by Crippen LogP contribution is -2.38. The molecule has 1 fully saturated rings. The van der Waals surface area contributed by atoms with Crippen LogP contribution in [0.25, 0.3) is 0 Å². The first kappa shape index (κ1) is 16.8. The molecule has 1 aromatic rings. The van der Waals surface area contributed by atoms with Gasteiger partial charge in [-0.1, -0.05) is 24.6 Å². The first-order valence-electron chi connectivity index (χ1n) is 9.12. The smallest absolute Gasteiger partial charge is 0.315 e. The van der Waals surface area contributed by atoms with Crippen LogP contribution in [0.3, 0.4) is 0 Å². The molecule has 130 valence electrons. The van der Waals surface area contributed by atoms with Crippen molar-refractivity contribution >= 4 is 11.9 Å². The molecule has 3 amide bonds. The molecule has 2 aliphatic rings. The van der Waals surface area contributed by atoms with Crippen molar-refractivity contribution in [2.75, 3.05) is 13.1 Å². The summed E-state index contributed by atoms with van der Waals surface area (Å²) in [6.07, 6.45) is 7.55. The molecule has 0 bridgehead atoms. The second-order valence-corrected chi connectivity index (χ2v) is 6.84. The number of carbonyl (C=O) groups excluding carboxylic acids is 2. The van der Waals surface area contributed by atoms with Crippen LogP contribution in [0.4, 0.5) is 4.79 Å². The predicted molar refractivity (Wildman–Crippen MR) is 93.7 cm³/mol. The molecule has 0 radical (unpaired) electrons. The van der Waals surface area contributed by atoms with E-state index in [1.807, 2.05) is 0 Å². The molecule has 3 N–H and O–H groups in total. The fraction of sp³-hybridized carbons (Fsp3) is 0.579. The molecular weight excluding hydrogens is 302 g/mol. The summed E-state index contributed by atoms with van der Waals surface area (Å²) in [5.74, 6) is 0.399. The van der Waals surface area contributed by atoms with Crippen LogP contribution in [0.15, 0.2) is 18.2 Å². The Morgan fingerprint density at radius 3 is 2.54 bits per heavy atom. The Morgan fingerprint density at radius 1 is 0.958 bits per heavy atom. The molecule has 0 atom stereocenters. The van der Waals surface area contributed by atoms with Crippen LogP contribution in [0.2, 0.25) is 0 Å². The first-order valence-corrected chi connectivity index (χ1v) is 9.12. The molecule has 3 rings (SSSR count). The van der Waals surface area contributed by atoms with Crippen LogP contribution in [-0.2, 0) is 24.2 Å². The molecule has 1 saturated carbocycles. The molecule has 0 unspecified atom stereocenters. The molecule has 1 aromatic carbocycles. The Balaban J connectivity index is 1.26. The summed E-state index contributed by atoms with van der Waals surface area (Å²) in [4.78, 5) is 23.5. The van der Waals surface area contributed by atoms with Gasteiger partial charge in [0.15, 0.2) is 0 Å². The molecule has 5 nitrogen and oxygen atoms in total. The van der Waals surface area contributed by atoms with Crippen molar-refractivity contribution in [3.63, 3.8) is 0 Å². The summed E-state index contributed by atoms with van der Waals surface area (Å²) in [6.45, 7) is 1.75. The van der Waals surface area contributed by atoms with Gasteiger partial charge in [0.25, 0.3) is 0 Å². The van der Waals surface area contributed by atoms with Crippen molar-refractivity contribution in [1.82, 2.24) is 16.0 Å². The number of hydrogen-bond donors (Lipinski definition) is 3. The Hall–Kier alpha value is -2.04. The average molecular weight is 329 g/mol. The van der Waals surface area contributed by atoms with E-state index in [0.717, 1.165) is 31.2 Å². The largest absolute Gasteiger partial charge is 0.356 e. The monoisotopic (exact) mass is 329 g/mol. The van der Waals surface area contributed by atoms with Crippen molar-refractivity contribution in [3.8, 4) is 0 Å². The Bertz CT molecular complexity index is 596. The molecule has 0 aliphatic heterocycles. The van der Waals surface area contributed by atoms with Gasteiger partial charge in [0.1, 0.15) is 0 Å². The van der Waals surface area contributed by atoms with E-state index in [-0.39, 0.29) is 17.9 Å².